The van der Waals surface area contributed by atoms with E-state index in [9.17, 15) is 87.5 Å². The quantitative estimate of drug-likeness (QED) is 0.285. The zero-order valence-electron chi connectivity index (χ0n) is 15.2. The van der Waals surface area contributed by atoms with Crippen LogP contribution in [0.3, 0.4) is 0 Å². The van der Waals surface area contributed by atoms with Gasteiger partial charge in [-0.2, -0.15) is 74.6 Å². The summed E-state index contributed by atoms with van der Waals surface area (Å²) in [4.78, 5) is 0. The summed E-state index contributed by atoms with van der Waals surface area (Å²) in [5.41, 5.74) is 4.66. The standard InChI is InChI=1S/C11H8F18N2O2S/c12-4(13,6(16,17)8(20,21)10(24,25)26)5(14,15)7(18,19)9(22,23)11(27,28)34(32,33)31(29)3-1-2-30/h1-3,30H2. The molecule has 0 radical (unpaired) electrons. The Labute approximate surface area is 175 Å². The third kappa shape index (κ3) is 4.13. The molecule has 23 heteroatoms. The minimum atomic E-state index is -8.96. The second-order valence-electron chi connectivity index (χ2n) is 6.12. The molecule has 0 aliphatic heterocycles. The van der Waals surface area contributed by atoms with E-state index in [1.54, 1.807) is 0 Å². The largest absolute Gasteiger partial charge is 0.460 e. The van der Waals surface area contributed by atoms with E-state index < -0.39 is 81.0 Å². The average molecular weight is 574 g/mol. The fourth-order valence-corrected chi connectivity index (χ4v) is 2.84. The molecule has 0 heterocycles. The van der Waals surface area contributed by atoms with Crippen molar-refractivity contribution in [3.05, 3.63) is 0 Å². The molecule has 0 aliphatic carbocycles. The van der Waals surface area contributed by atoms with Gasteiger partial charge in [-0.1, -0.05) is 0 Å². The fourth-order valence-electron chi connectivity index (χ4n) is 1.77. The summed E-state index contributed by atoms with van der Waals surface area (Å²) in [5.74, 6) is -52.3. The molecule has 0 spiro atoms. The lowest BCUT2D eigenvalue weighted by atomic mass is 9.91. The number of halogens is 18. The van der Waals surface area contributed by atoms with E-state index in [2.05, 4.69) is 5.73 Å². The Morgan fingerprint density at radius 2 is 0.853 bits per heavy atom. The molecule has 0 amide bonds. The Morgan fingerprint density at radius 1 is 0.559 bits per heavy atom. The van der Waals surface area contributed by atoms with Crippen molar-refractivity contribution in [1.29, 1.82) is 0 Å². The molecule has 0 saturated heterocycles. The molecule has 206 valence electrons. The van der Waals surface area contributed by atoms with Gasteiger partial charge in [-0.25, -0.2) is 8.42 Å². The van der Waals surface area contributed by atoms with E-state index in [4.69, 9.17) is 0 Å². The Bertz CT molecular complexity index is 835. The van der Waals surface area contributed by atoms with E-state index in [1.165, 1.54) is 0 Å². The second kappa shape index (κ2) is 8.62. The maximum atomic E-state index is 13.6. The maximum absolute atomic E-state index is 13.6. The van der Waals surface area contributed by atoms with Crippen LogP contribution in [0.4, 0.5) is 79.1 Å². The molecule has 0 aromatic heterocycles. The van der Waals surface area contributed by atoms with Gasteiger partial charge in [-0.3, -0.25) is 0 Å². The zero-order chi connectivity index (χ0) is 28.2. The SMILES string of the molecule is NCCCN(F)S(=O)(=O)C(F)(F)C(F)(F)C(F)(F)C(F)(F)C(F)(F)C(F)(F)C(F)(F)C(F)(F)F. The molecule has 0 aromatic rings. The first-order valence-electron chi connectivity index (χ1n) is 7.58. The van der Waals surface area contributed by atoms with Crippen molar-refractivity contribution in [3.63, 3.8) is 0 Å². The molecule has 0 rings (SSSR count). The lowest BCUT2D eigenvalue weighted by Gasteiger charge is -2.42. The molecule has 0 atom stereocenters. The van der Waals surface area contributed by atoms with Crippen molar-refractivity contribution in [1.82, 2.24) is 4.53 Å². The van der Waals surface area contributed by atoms with Crippen LogP contribution in [0.5, 0.6) is 0 Å². The number of sulfonamides is 1. The number of nitrogens with zero attached hydrogens (tertiary/aromatic N) is 1. The van der Waals surface area contributed by atoms with Crippen LogP contribution in [0.15, 0.2) is 0 Å². The van der Waals surface area contributed by atoms with Crippen molar-refractivity contribution in [2.24, 2.45) is 5.73 Å². The molecule has 2 N–H and O–H groups in total. The lowest BCUT2D eigenvalue weighted by Crippen LogP contribution is -2.75. The van der Waals surface area contributed by atoms with Crippen molar-refractivity contribution in [2.45, 2.75) is 53.4 Å². The topological polar surface area (TPSA) is 63.4 Å². The maximum Gasteiger partial charge on any atom is 0.460 e. The van der Waals surface area contributed by atoms with Gasteiger partial charge in [0.25, 0.3) is 0 Å². The van der Waals surface area contributed by atoms with Gasteiger partial charge >= 0.3 is 57.0 Å². The van der Waals surface area contributed by atoms with Crippen molar-refractivity contribution < 1.29 is 87.5 Å². The summed E-state index contributed by atoms with van der Waals surface area (Å²) in [7, 11) is -7.89. The zero-order valence-corrected chi connectivity index (χ0v) is 16.0. The molecule has 0 unspecified atom stereocenters. The second-order valence-corrected chi connectivity index (χ2v) is 7.98. The summed E-state index contributed by atoms with van der Waals surface area (Å²) in [5, 5.41) is -7.91. The van der Waals surface area contributed by atoms with Crippen LogP contribution in [-0.2, 0) is 10.0 Å². The molecule has 0 aromatic carbocycles. The molecule has 4 nitrogen and oxygen atoms in total. The van der Waals surface area contributed by atoms with Crippen molar-refractivity contribution >= 4 is 10.0 Å². The van der Waals surface area contributed by atoms with Crippen LogP contribution in [0.25, 0.3) is 0 Å². The van der Waals surface area contributed by atoms with Gasteiger partial charge in [0.15, 0.2) is 0 Å². The van der Waals surface area contributed by atoms with E-state index in [-0.39, 0.29) is 0 Å². The van der Waals surface area contributed by atoms with E-state index in [0.717, 1.165) is 0 Å². The fraction of sp³-hybridized carbons (Fsp3) is 1.00. The Kier molecular flexibility index (Phi) is 8.27. The summed E-state index contributed by atoms with van der Waals surface area (Å²) in [6.45, 7) is -2.76. The minimum Gasteiger partial charge on any atom is -0.330 e. The summed E-state index contributed by atoms with van der Waals surface area (Å²) in [6.07, 6.45) is -8.96. The Hall–Kier alpha value is -1.39. The van der Waals surface area contributed by atoms with E-state index >= 15 is 0 Å². The van der Waals surface area contributed by atoms with E-state index in [1.807, 2.05) is 0 Å². The molecule has 34 heavy (non-hydrogen) atoms. The van der Waals surface area contributed by atoms with Crippen molar-refractivity contribution in [2.75, 3.05) is 13.1 Å². The smallest absolute Gasteiger partial charge is 0.330 e. The van der Waals surface area contributed by atoms with Crippen LogP contribution in [0, 0.1) is 0 Å². The number of nitrogens with two attached hydrogens (primary N) is 1. The van der Waals surface area contributed by atoms with Crippen LogP contribution < -0.4 is 5.73 Å². The molecular weight excluding hydrogens is 566 g/mol. The summed E-state index contributed by atoms with van der Waals surface area (Å²) < 4.78 is 255. The first-order chi connectivity index (χ1) is 14.5. The highest BCUT2D eigenvalue weighted by Gasteiger charge is 2.96. The monoisotopic (exact) mass is 574 g/mol. The van der Waals surface area contributed by atoms with Gasteiger partial charge < -0.3 is 5.73 Å². The number of alkyl halides is 17. The average Bonchev–Trinajstić information content (AvgIpc) is 2.63. The molecule has 0 aliphatic rings. The number of rotatable bonds is 11. The predicted molar refractivity (Wildman–Crippen MR) is 71.1 cm³/mol. The lowest BCUT2D eigenvalue weighted by molar-refractivity contribution is -0.458. The normalized spacial score (nSPS) is 16.4. The third-order valence-electron chi connectivity index (χ3n) is 3.82. The highest BCUT2D eigenvalue weighted by atomic mass is 32.2. The first-order valence-corrected chi connectivity index (χ1v) is 9.02. The summed E-state index contributed by atoms with van der Waals surface area (Å²) in [6, 6.07) is 0. The highest BCUT2D eigenvalue weighted by Crippen LogP contribution is 2.64. The molecule has 0 bridgehead atoms. The minimum absolute atomic E-state index is 0.805. The number of hydrogen-bond donors (Lipinski definition) is 1. The van der Waals surface area contributed by atoms with Crippen LogP contribution in [0.1, 0.15) is 6.42 Å². The Balaban J connectivity index is 6.89. The molecule has 0 fully saturated rings. The number of hydrogen-bond acceptors (Lipinski definition) is 3. The molecule has 0 saturated carbocycles. The van der Waals surface area contributed by atoms with Crippen LogP contribution in [-0.4, -0.2) is 73.0 Å². The van der Waals surface area contributed by atoms with Gasteiger partial charge in [0.2, 0.25) is 0 Å². The van der Waals surface area contributed by atoms with Crippen molar-refractivity contribution in [3.8, 4) is 0 Å². The van der Waals surface area contributed by atoms with Crippen LogP contribution >= 0.6 is 0 Å². The van der Waals surface area contributed by atoms with Gasteiger partial charge in [0.05, 0.1) is 0 Å². The first kappa shape index (κ1) is 32.6. The molecular formula is C11H8F18N2O2S. The van der Waals surface area contributed by atoms with E-state index in [0.29, 0.717) is 0 Å². The van der Waals surface area contributed by atoms with Crippen LogP contribution in [0.2, 0.25) is 0 Å². The van der Waals surface area contributed by atoms with Gasteiger partial charge in [-0.05, 0) is 17.5 Å². The van der Waals surface area contributed by atoms with Gasteiger partial charge in [0.1, 0.15) is 0 Å². The van der Waals surface area contributed by atoms with Gasteiger partial charge in [0, 0.05) is 6.54 Å². The third-order valence-corrected chi connectivity index (χ3v) is 5.42. The van der Waals surface area contributed by atoms with Gasteiger partial charge in [-0.15, -0.1) is 4.48 Å². The Morgan fingerprint density at radius 3 is 1.15 bits per heavy atom. The predicted octanol–water partition coefficient (Wildman–Crippen LogP) is 4.82. The highest BCUT2D eigenvalue weighted by molar-refractivity contribution is 7.90. The summed E-state index contributed by atoms with van der Waals surface area (Å²) >= 11 is 0.